The third-order valence-electron chi connectivity index (χ3n) is 11.5. The average molecular weight is 701 g/mol. The number of fused-ring (bicyclic) bond motifs is 11. The summed E-state index contributed by atoms with van der Waals surface area (Å²) in [4.78, 5) is 0. The first kappa shape index (κ1) is 30.1. The highest BCUT2D eigenvalue weighted by Gasteiger charge is 2.20. The Hall–Kier alpha value is -7.36. The molecule has 0 aliphatic rings. The van der Waals surface area contributed by atoms with Crippen molar-refractivity contribution in [3.63, 3.8) is 0 Å². The number of hydrogen-bond donors (Lipinski definition) is 0. The van der Waals surface area contributed by atoms with Crippen LogP contribution in [0.2, 0.25) is 0 Å². The van der Waals surface area contributed by atoms with E-state index in [2.05, 4.69) is 197 Å². The maximum Gasteiger partial charge on any atom is 0.159 e. The van der Waals surface area contributed by atoms with E-state index in [0.717, 1.165) is 44.3 Å². The summed E-state index contributed by atoms with van der Waals surface area (Å²) in [6.07, 6.45) is 0. The van der Waals surface area contributed by atoms with Crippen LogP contribution in [0, 0.1) is 0 Å². The molecule has 0 saturated carbocycles. The van der Waals surface area contributed by atoms with Crippen molar-refractivity contribution in [2.24, 2.45) is 0 Å². The lowest BCUT2D eigenvalue weighted by molar-refractivity contribution is 0.666. The number of aromatic nitrogens is 2. The number of nitrogens with zero attached hydrogens (tertiary/aromatic N) is 2. The van der Waals surface area contributed by atoms with Crippen molar-refractivity contribution in [2.75, 3.05) is 0 Å². The largest absolute Gasteiger partial charge is 0.454 e. The molecule has 3 nitrogen and oxygen atoms in total. The molecule has 9 aromatic carbocycles. The fourth-order valence-corrected chi connectivity index (χ4v) is 9.00. The van der Waals surface area contributed by atoms with Crippen molar-refractivity contribution in [3.8, 4) is 33.6 Å². The first-order valence-corrected chi connectivity index (χ1v) is 18.8. The van der Waals surface area contributed by atoms with Crippen molar-refractivity contribution in [3.05, 3.63) is 194 Å². The van der Waals surface area contributed by atoms with Gasteiger partial charge in [0.25, 0.3) is 0 Å². The highest BCUT2D eigenvalue weighted by Crippen LogP contribution is 2.42. The van der Waals surface area contributed by atoms with Gasteiger partial charge in [-0.25, -0.2) is 0 Å². The normalized spacial score (nSPS) is 12.0. The van der Waals surface area contributed by atoms with Crippen LogP contribution in [0.25, 0.3) is 110 Å². The third kappa shape index (κ3) is 4.44. The van der Waals surface area contributed by atoms with E-state index in [9.17, 15) is 0 Å². The first-order chi connectivity index (χ1) is 27.3. The summed E-state index contributed by atoms with van der Waals surface area (Å²) in [6, 6.07) is 70.3. The molecule has 3 heteroatoms. The van der Waals surface area contributed by atoms with E-state index < -0.39 is 0 Å². The van der Waals surface area contributed by atoms with Crippen LogP contribution in [0.4, 0.5) is 0 Å². The smallest absolute Gasteiger partial charge is 0.159 e. The lowest BCUT2D eigenvalue weighted by Crippen LogP contribution is -1.95. The Morgan fingerprint density at radius 3 is 1.80 bits per heavy atom. The molecule has 0 spiro atoms. The quantitative estimate of drug-likeness (QED) is 0.179. The highest BCUT2D eigenvalue weighted by atomic mass is 16.3. The molecule has 0 fully saturated rings. The molecular formula is C52H32N2O. The van der Waals surface area contributed by atoms with Crippen molar-refractivity contribution < 1.29 is 4.42 Å². The van der Waals surface area contributed by atoms with Gasteiger partial charge in [-0.3, -0.25) is 0 Å². The maximum absolute atomic E-state index is 6.54. The average Bonchev–Trinajstić information content (AvgIpc) is 3.91. The van der Waals surface area contributed by atoms with Gasteiger partial charge in [-0.1, -0.05) is 140 Å². The van der Waals surface area contributed by atoms with Gasteiger partial charge in [0.05, 0.1) is 27.8 Å². The molecule has 55 heavy (non-hydrogen) atoms. The van der Waals surface area contributed by atoms with E-state index in [1.54, 1.807) is 0 Å². The SMILES string of the molecule is c1ccc(-c2cccc(-n3c4ccc(-c5ccc6c(c5)c5ccccc5n6-c5cccc6c5oc5ccccc56)cc4c4ccc5ccccc5c43)c2)cc1. The Morgan fingerprint density at radius 2 is 0.945 bits per heavy atom. The molecule has 0 N–H and O–H groups in total. The summed E-state index contributed by atoms with van der Waals surface area (Å²) < 4.78 is 11.4. The Bertz CT molecular complexity index is 3490. The predicted molar refractivity (Wildman–Crippen MR) is 231 cm³/mol. The van der Waals surface area contributed by atoms with Crippen molar-refractivity contribution in [2.45, 2.75) is 0 Å². The van der Waals surface area contributed by atoms with Gasteiger partial charge in [0.15, 0.2) is 5.58 Å². The Morgan fingerprint density at radius 1 is 0.327 bits per heavy atom. The Balaban J connectivity index is 1.07. The zero-order valence-corrected chi connectivity index (χ0v) is 29.8. The van der Waals surface area contributed by atoms with Gasteiger partial charge in [-0.15, -0.1) is 0 Å². The number of hydrogen-bond acceptors (Lipinski definition) is 1. The van der Waals surface area contributed by atoms with E-state index in [1.807, 2.05) is 6.07 Å². The molecule has 0 amide bonds. The first-order valence-electron chi connectivity index (χ1n) is 18.8. The van der Waals surface area contributed by atoms with E-state index in [4.69, 9.17) is 4.42 Å². The monoisotopic (exact) mass is 700 g/mol. The van der Waals surface area contributed by atoms with Crippen LogP contribution < -0.4 is 0 Å². The molecule has 0 unspecified atom stereocenters. The van der Waals surface area contributed by atoms with Crippen LogP contribution >= 0.6 is 0 Å². The molecule has 3 aromatic heterocycles. The summed E-state index contributed by atoms with van der Waals surface area (Å²) in [6.45, 7) is 0. The molecule has 0 saturated heterocycles. The minimum Gasteiger partial charge on any atom is -0.454 e. The van der Waals surface area contributed by atoms with Gasteiger partial charge in [0.1, 0.15) is 5.58 Å². The minimum absolute atomic E-state index is 0.902. The minimum atomic E-state index is 0.902. The fourth-order valence-electron chi connectivity index (χ4n) is 9.00. The summed E-state index contributed by atoms with van der Waals surface area (Å²) in [5, 5.41) is 9.66. The molecule has 12 aromatic rings. The number of furan rings is 1. The third-order valence-corrected chi connectivity index (χ3v) is 11.5. The van der Waals surface area contributed by atoms with Crippen molar-refractivity contribution in [1.82, 2.24) is 9.13 Å². The Labute approximate surface area is 316 Å². The standard InChI is InChI=1S/C52H32N2O/c1-2-12-33(13-3-1)35-15-10-16-38(30-35)53-47-28-25-37(32-45(47)42-27-24-34-14-4-5-17-39(34)51(42)53)36-26-29-48-44(31-36)40-18-6-8-21-46(40)54(48)49-22-11-20-43-41-19-7-9-23-50(41)55-52(43)49/h1-32H. The number of benzene rings is 9. The zero-order valence-electron chi connectivity index (χ0n) is 29.8. The number of para-hydroxylation sites is 3. The second-order valence-corrected chi connectivity index (χ2v) is 14.5. The lowest BCUT2D eigenvalue weighted by Gasteiger charge is -2.12. The van der Waals surface area contributed by atoms with Gasteiger partial charge in [-0.05, 0) is 82.2 Å². The van der Waals surface area contributed by atoms with Gasteiger partial charge in [-0.2, -0.15) is 0 Å². The van der Waals surface area contributed by atoms with Gasteiger partial charge in [0, 0.05) is 43.4 Å². The van der Waals surface area contributed by atoms with Crippen LogP contribution in [0.3, 0.4) is 0 Å². The molecule has 0 aliphatic heterocycles. The zero-order chi connectivity index (χ0) is 36.0. The molecule has 3 heterocycles. The number of rotatable bonds is 4. The van der Waals surface area contributed by atoms with Crippen molar-refractivity contribution >= 4 is 76.3 Å². The molecular weight excluding hydrogens is 669 g/mol. The van der Waals surface area contributed by atoms with Crippen LogP contribution in [-0.2, 0) is 0 Å². The van der Waals surface area contributed by atoms with Crippen LogP contribution in [0.15, 0.2) is 199 Å². The van der Waals surface area contributed by atoms with Gasteiger partial charge in [0.2, 0.25) is 0 Å². The summed E-state index contributed by atoms with van der Waals surface area (Å²) in [5.74, 6) is 0. The highest BCUT2D eigenvalue weighted by molar-refractivity contribution is 6.19. The van der Waals surface area contributed by atoms with Crippen LogP contribution in [0.5, 0.6) is 0 Å². The maximum atomic E-state index is 6.54. The van der Waals surface area contributed by atoms with Gasteiger partial charge >= 0.3 is 0 Å². The molecule has 256 valence electrons. The summed E-state index contributed by atoms with van der Waals surface area (Å²) in [7, 11) is 0. The molecule has 12 rings (SSSR count). The second kappa shape index (κ2) is 11.6. The lowest BCUT2D eigenvalue weighted by atomic mass is 10.00. The molecule has 0 bridgehead atoms. The summed E-state index contributed by atoms with van der Waals surface area (Å²) in [5.41, 5.74) is 13.5. The van der Waals surface area contributed by atoms with Crippen LogP contribution in [0.1, 0.15) is 0 Å². The second-order valence-electron chi connectivity index (χ2n) is 14.5. The molecule has 0 atom stereocenters. The van der Waals surface area contributed by atoms with E-state index >= 15 is 0 Å². The topological polar surface area (TPSA) is 23.0 Å². The van der Waals surface area contributed by atoms with E-state index in [-0.39, 0.29) is 0 Å². The van der Waals surface area contributed by atoms with E-state index in [1.165, 1.54) is 65.6 Å². The Kier molecular flexibility index (Phi) is 6.34. The van der Waals surface area contributed by atoms with Crippen molar-refractivity contribution in [1.29, 1.82) is 0 Å². The predicted octanol–water partition coefficient (Wildman–Crippen LogP) is 14.3. The molecule has 0 aliphatic carbocycles. The molecule has 0 radical (unpaired) electrons. The summed E-state index contributed by atoms with van der Waals surface area (Å²) >= 11 is 0. The van der Waals surface area contributed by atoms with Crippen LogP contribution in [-0.4, -0.2) is 9.13 Å². The van der Waals surface area contributed by atoms with Gasteiger partial charge < -0.3 is 13.6 Å². The van der Waals surface area contributed by atoms with E-state index in [0.29, 0.717) is 0 Å². The fraction of sp³-hybridized carbons (Fsp3) is 0.